The van der Waals surface area contributed by atoms with Crippen LogP contribution >= 0.6 is 0 Å². The summed E-state index contributed by atoms with van der Waals surface area (Å²) in [4.78, 5) is 0. The molecule has 5 aliphatic heterocycles. The third-order valence-electron chi connectivity index (χ3n) is 17.3. The van der Waals surface area contributed by atoms with Gasteiger partial charge in [0.25, 0.3) is 0 Å². The van der Waals surface area contributed by atoms with Crippen molar-refractivity contribution in [1.82, 2.24) is 0 Å². The molecule has 5 heterocycles. The molecule has 8 N–H and O–H groups in total. The minimum atomic E-state index is -1.70. The highest BCUT2D eigenvalue weighted by molar-refractivity contribution is 5.26. The van der Waals surface area contributed by atoms with Crippen LogP contribution in [0, 0.1) is 46.3 Å². The van der Waals surface area contributed by atoms with Gasteiger partial charge < -0.3 is 78.7 Å². The second kappa shape index (κ2) is 16.5. The fraction of sp³-hybridized carbons (Fsp3) is 0.955. The molecular weight excluding hydrogens is 784 g/mol. The van der Waals surface area contributed by atoms with E-state index in [1.165, 1.54) is 18.9 Å². The van der Waals surface area contributed by atoms with Crippen molar-refractivity contribution < 1.29 is 78.7 Å². The molecule has 16 nitrogen and oxygen atoms in total. The van der Waals surface area contributed by atoms with Crippen molar-refractivity contribution in [2.24, 2.45) is 46.3 Å². The standard InChI is InChI=1S/C44H70O16/c1-19-8-13-44(53-18-19)20(2)30-27(60-44)15-26-24-7-6-22-14-23(9-11-42(22,4)25(24)10-12-43(26,30)5)55-41-38(59-39-35(51)33(49)31(47)21(3)54-39)36(52)37(29(17-46)57-41)58-40-34(50)32(48)28(16-45)56-40/h6,19-21,23-41,45-52H,7-18H2,1-5H3/t19-,20+,21+,23-,24-,25+,26+,27+,28+,29-,30+,31+,32+,33-,34-,35-,36+,37-,38-,39+,40+,41?,42+,43+,44-/m1/s1. The van der Waals surface area contributed by atoms with Crippen LogP contribution < -0.4 is 0 Å². The van der Waals surface area contributed by atoms with Gasteiger partial charge in [-0.15, -0.1) is 0 Å². The van der Waals surface area contributed by atoms with E-state index in [-0.39, 0.29) is 23.0 Å². The molecule has 9 rings (SSSR count). The third kappa shape index (κ3) is 7.10. The first-order valence-corrected chi connectivity index (χ1v) is 22.8. The van der Waals surface area contributed by atoms with Crippen molar-refractivity contribution in [3.05, 3.63) is 11.6 Å². The van der Waals surface area contributed by atoms with Gasteiger partial charge in [0.2, 0.25) is 0 Å². The molecule has 0 bridgehead atoms. The molecule has 0 aromatic rings. The van der Waals surface area contributed by atoms with E-state index in [2.05, 4.69) is 33.8 Å². The third-order valence-corrected chi connectivity index (χ3v) is 17.3. The van der Waals surface area contributed by atoms with Crippen LogP contribution in [0.1, 0.15) is 92.4 Å². The Morgan fingerprint density at radius 1 is 0.700 bits per heavy atom. The molecule has 25 atom stereocenters. The lowest BCUT2D eigenvalue weighted by molar-refractivity contribution is -0.380. The van der Waals surface area contributed by atoms with Gasteiger partial charge in [0, 0.05) is 12.3 Å². The SMILES string of the molecule is C[C@@H]1CC[C@@]2(OC1)O[C@H]1C[C@H]3[C@@H]4CC=C5C[C@H](OC6O[C@H](CO)[C@@H](O[C@@H]7O[C@@H](CO)[C@H](O)[C@H]7O)[C@H](O)[C@H]6O[C@@H]6O[C@@H](C)[C@H](O)[C@@H](O)[C@H]6O)CC[C@]5(C)[C@H]4CC[C@]3(C)[C@H]1[C@@H]2C. The van der Waals surface area contributed by atoms with Gasteiger partial charge in [0.1, 0.15) is 61.0 Å². The van der Waals surface area contributed by atoms with Crippen LogP contribution in [0.4, 0.5) is 0 Å². The van der Waals surface area contributed by atoms with Crippen molar-refractivity contribution in [3.63, 3.8) is 0 Å². The number of aliphatic hydroxyl groups excluding tert-OH is 8. The Labute approximate surface area is 352 Å². The first-order chi connectivity index (χ1) is 28.5. The number of fused-ring (bicyclic) bond motifs is 7. The van der Waals surface area contributed by atoms with E-state index in [1.54, 1.807) is 0 Å². The first-order valence-electron chi connectivity index (χ1n) is 22.8. The molecule has 1 unspecified atom stereocenters. The Hall–Kier alpha value is -0.900. The quantitative estimate of drug-likeness (QED) is 0.158. The lowest BCUT2D eigenvalue weighted by Gasteiger charge is -2.58. The summed E-state index contributed by atoms with van der Waals surface area (Å²) < 4.78 is 49.9. The molecule has 16 heteroatoms. The van der Waals surface area contributed by atoms with Gasteiger partial charge in [-0.3, -0.25) is 0 Å². The fourth-order valence-corrected chi connectivity index (χ4v) is 13.8. The van der Waals surface area contributed by atoms with E-state index in [4.69, 9.17) is 37.9 Å². The number of rotatable bonds is 8. The summed E-state index contributed by atoms with van der Waals surface area (Å²) in [6.07, 6.45) is -8.79. The smallest absolute Gasteiger partial charge is 0.187 e. The number of hydrogen-bond acceptors (Lipinski definition) is 16. The molecule has 0 amide bonds. The molecular formula is C44H70O16. The van der Waals surface area contributed by atoms with Crippen LogP contribution in [0.15, 0.2) is 11.6 Å². The van der Waals surface area contributed by atoms with Gasteiger partial charge >= 0.3 is 0 Å². The van der Waals surface area contributed by atoms with Gasteiger partial charge in [-0.25, -0.2) is 0 Å². The van der Waals surface area contributed by atoms with Crippen molar-refractivity contribution in [2.75, 3.05) is 19.8 Å². The summed E-state index contributed by atoms with van der Waals surface area (Å²) in [5.74, 6) is 2.65. The number of ether oxygens (including phenoxy) is 8. The largest absolute Gasteiger partial charge is 0.394 e. The van der Waals surface area contributed by atoms with Crippen molar-refractivity contribution in [1.29, 1.82) is 0 Å². The Bertz CT molecular complexity index is 1560. The van der Waals surface area contributed by atoms with E-state index in [9.17, 15) is 40.9 Å². The molecule has 9 aliphatic rings. The highest BCUT2D eigenvalue weighted by Crippen LogP contribution is 2.70. The molecule has 4 aliphatic carbocycles. The van der Waals surface area contributed by atoms with Crippen LogP contribution in [0.3, 0.4) is 0 Å². The Kier molecular flexibility index (Phi) is 12.2. The van der Waals surface area contributed by atoms with Gasteiger partial charge in [0.05, 0.1) is 38.1 Å². The minimum absolute atomic E-state index is 0.0141. The zero-order valence-electron chi connectivity index (χ0n) is 35.6. The molecule has 342 valence electrons. The Morgan fingerprint density at radius 3 is 2.10 bits per heavy atom. The van der Waals surface area contributed by atoms with Gasteiger partial charge in [-0.2, -0.15) is 0 Å². The summed E-state index contributed by atoms with van der Waals surface area (Å²) in [5.41, 5.74) is 1.54. The maximum atomic E-state index is 11.9. The summed E-state index contributed by atoms with van der Waals surface area (Å²) in [5, 5.41) is 84.8. The van der Waals surface area contributed by atoms with Gasteiger partial charge in [0.15, 0.2) is 24.7 Å². The number of hydrogen-bond donors (Lipinski definition) is 8. The van der Waals surface area contributed by atoms with Crippen molar-refractivity contribution in [3.8, 4) is 0 Å². The highest BCUT2D eigenvalue weighted by atomic mass is 16.8. The zero-order valence-corrected chi connectivity index (χ0v) is 35.6. The Balaban J connectivity index is 0.913. The molecule has 0 radical (unpaired) electrons. The van der Waals surface area contributed by atoms with E-state index in [1.807, 2.05) is 0 Å². The molecule has 5 saturated heterocycles. The van der Waals surface area contributed by atoms with E-state index >= 15 is 0 Å². The second-order valence-electron chi connectivity index (χ2n) is 20.6. The van der Waals surface area contributed by atoms with Crippen LogP contribution in [-0.4, -0.2) is 165 Å². The van der Waals surface area contributed by atoms with E-state index in [0.29, 0.717) is 48.3 Å². The average molecular weight is 855 g/mol. The predicted octanol–water partition coefficient (Wildman–Crippen LogP) is 0.853. The van der Waals surface area contributed by atoms with E-state index < -0.39 is 105 Å². The molecule has 1 spiro atoms. The van der Waals surface area contributed by atoms with Crippen LogP contribution in [0.5, 0.6) is 0 Å². The van der Waals surface area contributed by atoms with Crippen LogP contribution in [0.2, 0.25) is 0 Å². The molecule has 0 aromatic heterocycles. The topological polar surface area (TPSA) is 236 Å². The molecule has 60 heavy (non-hydrogen) atoms. The number of aliphatic hydroxyl groups is 8. The molecule has 0 aromatic carbocycles. The summed E-state index contributed by atoms with van der Waals surface area (Å²) in [6, 6.07) is 0. The van der Waals surface area contributed by atoms with Crippen molar-refractivity contribution >= 4 is 0 Å². The summed E-state index contributed by atoms with van der Waals surface area (Å²) >= 11 is 0. The average Bonchev–Trinajstić information content (AvgIpc) is 3.79. The summed E-state index contributed by atoms with van der Waals surface area (Å²) in [6.45, 7) is 10.7. The molecule has 8 fully saturated rings. The van der Waals surface area contributed by atoms with Gasteiger partial charge in [-0.05, 0) is 98.7 Å². The normalized spacial score (nSPS) is 57.7. The second-order valence-corrected chi connectivity index (χ2v) is 20.6. The predicted molar refractivity (Wildman–Crippen MR) is 208 cm³/mol. The number of allylic oxidation sites excluding steroid dienone is 1. The van der Waals surface area contributed by atoms with Crippen molar-refractivity contribution in [2.45, 2.75) is 196 Å². The Morgan fingerprint density at radius 2 is 1.40 bits per heavy atom. The monoisotopic (exact) mass is 854 g/mol. The van der Waals surface area contributed by atoms with Crippen LogP contribution in [0.25, 0.3) is 0 Å². The van der Waals surface area contributed by atoms with Crippen LogP contribution in [-0.2, 0) is 37.9 Å². The zero-order chi connectivity index (χ0) is 42.6. The minimum Gasteiger partial charge on any atom is -0.394 e. The summed E-state index contributed by atoms with van der Waals surface area (Å²) in [7, 11) is 0. The van der Waals surface area contributed by atoms with Gasteiger partial charge in [-0.1, -0.05) is 39.3 Å². The maximum absolute atomic E-state index is 11.9. The lowest BCUT2D eigenvalue weighted by atomic mass is 9.47. The molecule has 3 saturated carbocycles. The van der Waals surface area contributed by atoms with E-state index in [0.717, 1.165) is 45.1 Å². The highest BCUT2D eigenvalue weighted by Gasteiger charge is 2.69. The first kappa shape index (κ1) is 44.3. The fourth-order valence-electron chi connectivity index (χ4n) is 13.8. The lowest BCUT2D eigenvalue weighted by Crippen LogP contribution is -2.65. The maximum Gasteiger partial charge on any atom is 0.187 e.